The van der Waals surface area contributed by atoms with E-state index >= 15 is 0 Å². The highest BCUT2D eigenvalue weighted by Crippen LogP contribution is 2.29. The van der Waals surface area contributed by atoms with Crippen molar-refractivity contribution in [1.29, 1.82) is 0 Å². The molecule has 1 amide bonds. The van der Waals surface area contributed by atoms with Gasteiger partial charge in [-0.15, -0.1) is 0 Å². The minimum absolute atomic E-state index is 0.0383. The maximum absolute atomic E-state index is 13.3. The van der Waals surface area contributed by atoms with E-state index in [0.29, 0.717) is 30.1 Å². The third-order valence-electron chi connectivity index (χ3n) is 6.14. The number of carbonyl (C=O) groups excluding carboxylic acids is 1. The normalized spacial score (nSPS) is 22.7. The molecule has 3 aliphatic heterocycles. The van der Waals surface area contributed by atoms with Crippen molar-refractivity contribution in [2.75, 3.05) is 46.9 Å². The summed E-state index contributed by atoms with van der Waals surface area (Å²) in [5.74, 6) is 0.0912. The first kappa shape index (κ1) is 24.5. The number of piperazine rings is 1. The molecule has 1 unspecified atom stereocenters. The van der Waals surface area contributed by atoms with Gasteiger partial charge in [-0.1, -0.05) is 13.3 Å². The van der Waals surface area contributed by atoms with Crippen molar-refractivity contribution >= 4 is 33.2 Å². The van der Waals surface area contributed by atoms with E-state index in [9.17, 15) is 18.4 Å². The van der Waals surface area contributed by atoms with E-state index < -0.39 is 26.6 Å². The third kappa shape index (κ3) is 4.50. The summed E-state index contributed by atoms with van der Waals surface area (Å²) in [6.45, 7) is 4.82. The molecule has 0 saturated carbocycles. The summed E-state index contributed by atoms with van der Waals surface area (Å²) in [5, 5.41) is 18.2. The Labute approximate surface area is 199 Å². The highest BCUT2D eigenvalue weighted by molar-refractivity contribution is 7.89. The van der Waals surface area contributed by atoms with Crippen LogP contribution in [0.2, 0.25) is 0 Å². The van der Waals surface area contributed by atoms with Crippen molar-refractivity contribution in [3.63, 3.8) is 0 Å². The van der Waals surface area contributed by atoms with E-state index in [1.807, 2.05) is 13.8 Å². The number of likely N-dealkylation sites (N-methyl/N-ethyl adjacent to an activating group) is 2. The number of sulfonamides is 1. The van der Waals surface area contributed by atoms with E-state index in [0.717, 1.165) is 12.1 Å². The van der Waals surface area contributed by atoms with Gasteiger partial charge < -0.3 is 14.6 Å². The van der Waals surface area contributed by atoms with Crippen LogP contribution in [0.4, 0.5) is 0 Å². The van der Waals surface area contributed by atoms with E-state index in [1.54, 1.807) is 25.2 Å². The monoisotopic (exact) mass is 490 g/mol. The Balaban J connectivity index is 1.74. The summed E-state index contributed by atoms with van der Waals surface area (Å²) >= 11 is 0. The number of amides is 1. The number of ether oxygens (including phenoxy) is 1. The van der Waals surface area contributed by atoms with Crippen LogP contribution in [0.15, 0.2) is 38.2 Å². The minimum Gasteiger partial charge on any atom is -0.633 e. The Bertz CT molecular complexity index is 1180. The van der Waals surface area contributed by atoms with E-state index in [1.165, 1.54) is 16.4 Å². The summed E-state index contributed by atoms with van der Waals surface area (Å²) in [7, 11) is -0.601. The van der Waals surface area contributed by atoms with Gasteiger partial charge in [0.2, 0.25) is 10.0 Å². The van der Waals surface area contributed by atoms with Crippen LogP contribution in [0.5, 0.6) is 5.75 Å². The molecular weight excluding hydrogens is 460 g/mol. The number of amidine groups is 1. The summed E-state index contributed by atoms with van der Waals surface area (Å²) in [5.41, 5.74) is 1.59. The molecular formula is C22H30N6O5S. The summed E-state index contributed by atoms with van der Waals surface area (Å²) < 4.78 is 33.2. The molecule has 0 aromatic heterocycles. The highest BCUT2D eigenvalue weighted by atomic mass is 32.2. The summed E-state index contributed by atoms with van der Waals surface area (Å²) in [6, 6.07) is 3.81. The van der Waals surface area contributed by atoms with Gasteiger partial charge in [0.1, 0.15) is 11.5 Å². The van der Waals surface area contributed by atoms with E-state index in [-0.39, 0.29) is 36.9 Å². The fourth-order valence-corrected chi connectivity index (χ4v) is 5.71. The van der Waals surface area contributed by atoms with Gasteiger partial charge in [0.05, 0.1) is 56.0 Å². The molecule has 1 aromatic carbocycles. The number of rotatable bonds is 7. The number of nitrogens with zero attached hydrogens (tertiary/aromatic N) is 6. The molecule has 3 aliphatic rings. The van der Waals surface area contributed by atoms with Gasteiger partial charge in [-0.3, -0.25) is 9.80 Å². The van der Waals surface area contributed by atoms with Crippen LogP contribution in [0, 0.1) is 5.21 Å². The van der Waals surface area contributed by atoms with Crippen LogP contribution in [0.1, 0.15) is 32.3 Å². The predicted octanol–water partition coefficient (Wildman–Crippen LogP) is 1.23. The summed E-state index contributed by atoms with van der Waals surface area (Å²) in [6.07, 6.45) is 1.51. The lowest BCUT2D eigenvalue weighted by Gasteiger charge is -2.44. The second kappa shape index (κ2) is 9.17. The molecule has 11 nitrogen and oxygen atoms in total. The van der Waals surface area contributed by atoms with Gasteiger partial charge in [-0.2, -0.15) is 14.4 Å². The number of fused-ring (bicyclic) bond motifs is 1. The highest BCUT2D eigenvalue weighted by Gasteiger charge is 2.40. The fraction of sp³-hybridized carbons (Fsp3) is 0.545. The van der Waals surface area contributed by atoms with Crippen LogP contribution in [0.25, 0.3) is 0 Å². The lowest BCUT2D eigenvalue weighted by molar-refractivity contribution is -0.864. The van der Waals surface area contributed by atoms with Gasteiger partial charge in [0, 0.05) is 7.05 Å². The van der Waals surface area contributed by atoms with Crippen molar-refractivity contribution in [2.45, 2.75) is 37.6 Å². The van der Waals surface area contributed by atoms with Crippen LogP contribution in [-0.2, 0) is 14.8 Å². The number of hydroxylamine groups is 3. The second-order valence-corrected chi connectivity index (χ2v) is 10.7. The molecule has 1 fully saturated rings. The van der Waals surface area contributed by atoms with Crippen molar-refractivity contribution in [1.82, 2.24) is 9.31 Å². The van der Waals surface area contributed by atoms with Gasteiger partial charge in [-0.05, 0) is 31.5 Å². The first-order valence-corrected chi connectivity index (χ1v) is 12.9. The molecule has 0 spiro atoms. The standard InChI is InChI=1S/C22H30N6O5S/c1-5-7-17-19-20(26(3)25-17)22(29)24-21(23-19)16-14-15(8-9-18(16)33-6-2)34(31,32)27-10-12-28(4,30)13-11-27/h8-9,14,20H,5-7,10-13H2,1-4H3. The molecule has 34 heavy (non-hydrogen) atoms. The number of hydrogen-bond acceptors (Lipinski definition) is 8. The Hall–Kier alpha value is -2.67. The molecule has 0 radical (unpaired) electrons. The molecule has 0 bridgehead atoms. The molecule has 184 valence electrons. The van der Waals surface area contributed by atoms with E-state index in [2.05, 4.69) is 15.1 Å². The van der Waals surface area contributed by atoms with Gasteiger partial charge in [-0.25, -0.2) is 13.4 Å². The third-order valence-corrected chi connectivity index (χ3v) is 8.04. The van der Waals surface area contributed by atoms with Crippen molar-refractivity contribution in [3.05, 3.63) is 29.0 Å². The molecule has 12 heteroatoms. The average molecular weight is 491 g/mol. The Kier molecular flexibility index (Phi) is 6.60. The van der Waals surface area contributed by atoms with Crippen LogP contribution >= 0.6 is 0 Å². The lowest BCUT2D eigenvalue weighted by atomic mass is 10.0. The molecule has 0 aliphatic carbocycles. The number of benzene rings is 1. The summed E-state index contributed by atoms with van der Waals surface area (Å²) in [4.78, 5) is 21.8. The quantitative estimate of drug-likeness (QED) is 0.418. The number of aliphatic imine (C=N–C) groups is 2. The zero-order valence-corrected chi connectivity index (χ0v) is 20.7. The number of hydrogen-bond donors (Lipinski definition) is 0. The SMILES string of the molecule is CCCC1=NN(C)C2C(=O)N=C(c3cc(S(=O)(=O)N4CC[N+](C)([O-])CC4)ccc3OCC)N=C12. The molecule has 4 rings (SSSR count). The number of quaternary nitrogens is 1. The molecule has 1 atom stereocenters. The first-order chi connectivity index (χ1) is 16.1. The van der Waals surface area contributed by atoms with Gasteiger partial charge >= 0.3 is 0 Å². The first-order valence-electron chi connectivity index (χ1n) is 11.4. The van der Waals surface area contributed by atoms with E-state index in [4.69, 9.17) is 4.74 Å². The second-order valence-electron chi connectivity index (χ2n) is 8.78. The Morgan fingerprint density at radius 3 is 2.56 bits per heavy atom. The molecule has 3 heterocycles. The van der Waals surface area contributed by atoms with Gasteiger partial charge in [0.25, 0.3) is 5.91 Å². The van der Waals surface area contributed by atoms with Crippen LogP contribution in [0.3, 0.4) is 0 Å². The van der Waals surface area contributed by atoms with Crippen molar-refractivity contribution in [2.24, 2.45) is 15.1 Å². The zero-order chi connectivity index (χ0) is 24.7. The fourth-order valence-electron chi connectivity index (χ4n) is 4.26. The maximum atomic E-state index is 13.3. The molecule has 0 N–H and O–H groups in total. The average Bonchev–Trinajstić information content (AvgIpc) is 3.09. The lowest BCUT2D eigenvalue weighted by Crippen LogP contribution is -2.54. The Morgan fingerprint density at radius 1 is 1.21 bits per heavy atom. The molecule has 1 aromatic rings. The van der Waals surface area contributed by atoms with Crippen LogP contribution < -0.4 is 4.74 Å². The topological polar surface area (TPSA) is 127 Å². The maximum Gasteiger partial charge on any atom is 0.278 e. The number of carbonyl (C=O) groups is 1. The van der Waals surface area contributed by atoms with Crippen LogP contribution in [-0.4, -0.2) is 98.5 Å². The largest absolute Gasteiger partial charge is 0.633 e. The Morgan fingerprint density at radius 2 is 1.91 bits per heavy atom. The zero-order valence-electron chi connectivity index (χ0n) is 19.9. The van der Waals surface area contributed by atoms with Crippen molar-refractivity contribution in [3.8, 4) is 5.75 Å². The number of hydrazone groups is 1. The smallest absolute Gasteiger partial charge is 0.278 e. The minimum atomic E-state index is -3.86. The predicted molar refractivity (Wildman–Crippen MR) is 129 cm³/mol. The van der Waals surface area contributed by atoms with Gasteiger partial charge in [0.15, 0.2) is 11.9 Å². The van der Waals surface area contributed by atoms with Crippen molar-refractivity contribution < 1.29 is 22.6 Å². The molecule has 1 saturated heterocycles.